The van der Waals surface area contributed by atoms with E-state index >= 15 is 0 Å². The van der Waals surface area contributed by atoms with E-state index in [2.05, 4.69) is 46.8 Å². The molecule has 2 fully saturated rings. The van der Waals surface area contributed by atoms with Crippen LogP contribution in [0.2, 0.25) is 0 Å². The fraction of sp³-hybridized carbons (Fsp3) is 0.536. The van der Waals surface area contributed by atoms with Crippen LogP contribution in [-0.2, 0) is 4.79 Å². The molecule has 4 rings (SSSR count). The van der Waals surface area contributed by atoms with Crippen LogP contribution in [0.4, 0.5) is 17.2 Å². The molecule has 0 spiro atoms. The normalized spacial score (nSPS) is 18.2. The van der Waals surface area contributed by atoms with Crippen molar-refractivity contribution in [3.63, 3.8) is 0 Å². The van der Waals surface area contributed by atoms with Crippen molar-refractivity contribution in [3.05, 3.63) is 47.7 Å². The monoisotopic (exact) mass is 477 g/mol. The van der Waals surface area contributed by atoms with Gasteiger partial charge in [-0.15, -0.1) is 0 Å². The lowest BCUT2D eigenvalue weighted by molar-refractivity contribution is -0.131. The number of anilines is 3. The summed E-state index contributed by atoms with van der Waals surface area (Å²) in [6, 6.07) is 10.6. The number of primary amides is 1. The Hall–Kier alpha value is -3.09. The Morgan fingerprint density at radius 3 is 2.40 bits per heavy atom. The Morgan fingerprint density at radius 1 is 1.09 bits per heavy atom. The summed E-state index contributed by atoms with van der Waals surface area (Å²) in [4.78, 5) is 30.4. The van der Waals surface area contributed by atoms with Crippen molar-refractivity contribution in [1.29, 1.82) is 0 Å². The highest BCUT2D eigenvalue weighted by Gasteiger charge is 2.23. The van der Waals surface area contributed by atoms with Crippen molar-refractivity contribution in [2.75, 3.05) is 23.7 Å². The molecule has 1 aliphatic carbocycles. The van der Waals surface area contributed by atoms with Crippen LogP contribution in [0, 0.1) is 5.92 Å². The van der Waals surface area contributed by atoms with Crippen LogP contribution in [-0.4, -0.2) is 40.8 Å². The number of nitrogens with two attached hydrogens (primary N) is 1. The molecule has 188 valence electrons. The number of likely N-dealkylation sites (tertiary alicyclic amines) is 1. The molecule has 2 aliphatic rings. The average molecular weight is 478 g/mol. The van der Waals surface area contributed by atoms with Gasteiger partial charge in [0.15, 0.2) is 0 Å². The maximum atomic E-state index is 12.0. The maximum Gasteiger partial charge on any atom is 0.252 e. The Morgan fingerprint density at radius 2 is 1.77 bits per heavy atom. The highest BCUT2D eigenvalue weighted by atomic mass is 16.2. The first-order valence-corrected chi connectivity index (χ1v) is 13.2. The Balaban J connectivity index is 1.41. The van der Waals surface area contributed by atoms with Crippen LogP contribution >= 0.6 is 0 Å². The molecule has 1 saturated heterocycles. The SMILES string of the molecule is CCC(=O)N1CCC(c2ccc(Nc3cc(N[C@H](C)C4CCCCC4)c(C(N)=O)cn3)cc2)CC1. The third-order valence-corrected chi connectivity index (χ3v) is 7.71. The molecule has 2 amide bonds. The third-order valence-electron chi connectivity index (χ3n) is 7.71. The third kappa shape index (κ3) is 6.32. The predicted molar refractivity (Wildman–Crippen MR) is 141 cm³/mol. The van der Waals surface area contributed by atoms with E-state index in [1.165, 1.54) is 37.7 Å². The molecule has 2 heterocycles. The van der Waals surface area contributed by atoms with Gasteiger partial charge in [0.2, 0.25) is 5.91 Å². The van der Waals surface area contributed by atoms with Crippen LogP contribution in [0.25, 0.3) is 0 Å². The molecule has 2 aromatic rings. The number of pyridine rings is 1. The lowest BCUT2D eigenvalue weighted by atomic mass is 9.84. The summed E-state index contributed by atoms with van der Waals surface area (Å²) in [5.74, 6) is 1.54. The van der Waals surface area contributed by atoms with Gasteiger partial charge < -0.3 is 21.3 Å². The smallest absolute Gasteiger partial charge is 0.252 e. The minimum absolute atomic E-state index is 0.250. The number of piperidine rings is 1. The zero-order chi connectivity index (χ0) is 24.8. The van der Waals surface area contributed by atoms with Gasteiger partial charge in [-0.05, 0) is 62.1 Å². The van der Waals surface area contributed by atoms with Gasteiger partial charge in [0.1, 0.15) is 5.82 Å². The molecule has 0 radical (unpaired) electrons. The number of aromatic nitrogens is 1. The minimum atomic E-state index is -0.474. The van der Waals surface area contributed by atoms with Crippen molar-refractivity contribution in [1.82, 2.24) is 9.88 Å². The molecule has 1 aromatic carbocycles. The standard InChI is InChI=1S/C28H39N5O2/c1-3-27(34)33-15-13-22(14-16-33)21-9-11-23(12-10-21)32-26-17-25(24(18-30-26)28(29)35)31-19(2)20-7-5-4-6-8-20/h9-12,17-20,22H,3-8,13-16H2,1-2H3,(H2,29,35)(H2,30,31,32)/t19-/m1/s1. The lowest BCUT2D eigenvalue weighted by Crippen LogP contribution is -2.37. The van der Waals surface area contributed by atoms with E-state index in [-0.39, 0.29) is 11.9 Å². The fourth-order valence-corrected chi connectivity index (χ4v) is 5.51. The first-order chi connectivity index (χ1) is 16.9. The van der Waals surface area contributed by atoms with E-state index in [4.69, 9.17) is 5.73 Å². The van der Waals surface area contributed by atoms with E-state index in [9.17, 15) is 9.59 Å². The van der Waals surface area contributed by atoms with E-state index in [0.717, 1.165) is 37.3 Å². The molecule has 4 N–H and O–H groups in total. The summed E-state index contributed by atoms with van der Waals surface area (Å²) in [6.07, 6.45) is 10.4. The number of carbonyl (C=O) groups excluding carboxylic acids is 2. The number of amides is 2. The van der Waals surface area contributed by atoms with Crippen molar-refractivity contribution in [2.45, 2.75) is 77.2 Å². The first-order valence-electron chi connectivity index (χ1n) is 13.2. The number of carbonyl (C=O) groups is 2. The van der Waals surface area contributed by atoms with Gasteiger partial charge in [0.25, 0.3) is 5.91 Å². The van der Waals surface area contributed by atoms with E-state index < -0.39 is 5.91 Å². The second kappa shape index (κ2) is 11.6. The molecule has 0 bridgehead atoms. The van der Waals surface area contributed by atoms with Gasteiger partial charge in [0.05, 0.1) is 11.3 Å². The van der Waals surface area contributed by atoms with Gasteiger partial charge in [0, 0.05) is 43.5 Å². The van der Waals surface area contributed by atoms with Crippen molar-refractivity contribution in [3.8, 4) is 0 Å². The van der Waals surface area contributed by atoms with E-state index in [1.54, 1.807) is 6.20 Å². The topological polar surface area (TPSA) is 100 Å². The second-order valence-corrected chi connectivity index (χ2v) is 10.1. The first kappa shape index (κ1) is 25.0. The summed E-state index contributed by atoms with van der Waals surface area (Å²) in [6.45, 7) is 5.79. The lowest BCUT2D eigenvalue weighted by Gasteiger charge is -2.32. The van der Waals surface area contributed by atoms with Crippen LogP contribution in [0.1, 0.15) is 87.1 Å². The molecule has 1 aliphatic heterocycles. The largest absolute Gasteiger partial charge is 0.382 e. The average Bonchev–Trinajstić information content (AvgIpc) is 2.89. The van der Waals surface area contributed by atoms with Crippen LogP contribution in [0.5, 0.6) is 0 Å². The fourth-order valence-electron chi connectivity index (χ4n) is 5.51. The Bertz CT molecular complexity index is 1010. The zero-order valence-corrected chi connectivity index (χ0v) is 21.1. The van der Waals surface area contributed by atoms with E-state index in [1.807, 2.05) is 17.9 Å². The van der Waals surface area contributed by atoms with Crippen LogP contribution in [0.15, 0.2) is 36.5 Å². The number of rotatable bonds is 8. The molecular formula is C28H39N5O2. The minimum Gasteiger partial charge on any atom is -0.382 e. The highest BCUT2D eigenvalue weighted by molar-refractivity contribution is 5.98. The molecule has 35 heavy (non-hydrogen) atoms. The van der Waals surface area contributed by atoms with Crippen molar-refractivity contribution in [2.24, 2.45) is 11.7 Å². The zero-order valence-electron chi connectivity index (χ0n) is 21.1. The van der Waals surface area contributed by atoms with E-state index in [0.29, 0.717) is 29.6 Å². The van der Waals surface area contributed by atoms with Crippen molar-refractivity contribution < 1.29 is 9.59 Å². The predicted octanol–water partition coefficient (Wildman–Crippen LogP) is 5.42. The molecule has 1 aromatic heterocycles. The number of benzene rings is 1. The van der Waals surface area contributed by atoms with Crippen molar-refractivity contribution >= 4 is 29.0 Å². The molecule has 7 nitrogen and oxygen atoms in total. The Labute approximate surface area is 208 Å². The molecule has 0 unspecified atom stereocenters. The second-order valence-electron chi connectivity index (χ2n) is 10.1. The van der Waals surface area contributed by atoms with Gasteiger partial charge in [-0.25, -0.2) is 4.98 Å². The summed E-state index contributed by atoms with van der Waals surface area (Å²) in [7, 11) is 0. The quantitative estimate of drug-likeness (QED) is 0.471. The number of hydrogen-bond acceptors (Lipinski definition) is 5. The molecular weight excluding hydrogens is 438 g/mol. The van der Waals surface area contributed by atoms with Gasteiger partial charge in [-0.2, -0.15) is 0 Å². The molecule has 1 atom stereocenters. The maximum absolute atomic E-state index is 12.0. The van der Waals surface area contributed by atoms with Gasteiger partial charge in [-0.3, -0.25) is 9.59 Å². The summed E-state index contributed by atoms with van der Waals surface area (Å²) in [5, 5.41) is 6.91. The molecule has 1 saturated carbocycles. The summed E-state index contributed by atoms with van der Waals surface area (Å²) in [5.41, 5.74) is 9.03. The molecule has 7 heteroatoms. The summed E-state index contributed by atoms with van der Waals surface area (Å²) >= 11 is 0. The number of hydrogen-bond donors (Lipinski definition) is 3. The summed E-state index contributed by atoms with van der Waals surface area (Å²) < 4.78 is 0. The van der Waals surface area contributed by atoms with Crippen LogP contribution in [0.3, 0.4) is 0 Å². The Kier molecular flexibility index (Phi) is 8.26. The van der Waals surface area contributed by atoms with Gasteiger partial charge >= 0.3 is 0 Å². The highest BCUT2D eigenvalue weighted by Crippen LogP contribution is 2.31. The number of nitrogens with zero attached hydrogens (tertiary/aromatic N) is 2. The number of nitrogens with one attached hydrogen (secondary N) is 2. The van der Waals surface area contributed by atoms with Crippen LogP contribution < -0.4 is 16.4 Å². The van der Waals surface area contributed by atoms with Gasteiger partial charge in [-0.1, -0.05) is 38.3 Å².